The van der Waals surface area contributed by atoms with Crippen LogP contribution < -0.4 is 29.6 Å². The van der Waals surface area contributed by atoms with Gasteiger partial charge in [-0.25, -0.2) is 19.6 Å². The van der Waals surface area contributed by atoms with Gasteiger partial charge in [-0.3, -0.25) is 9.36 Å². The first-order valence-electron chi connectivity index (χ1n) is 22.5. The van der Waals surface area contributed by atoms with Gasteiger partial charge < -0.3 is 29.6 Å². The third-order valence-corrected chi connectivity index (χ3v) is 12.8. The molecule has 356 valence electrons. The van der Waals surface area contributed by atoms with Crippen LogP contribution in [-0.2, 0) is 26.9 Å². The number of carbonyl (C=O) groups excluding carboxylic acids is 2. The summed E-state index contributed by atoms with van der Waals surface area (Å²) < 4.78 is 26.0. The number of aryl methyl sites for hydroxylation is 4. The van der Waals surface area contributed by atoms with Gasteiger partial charge in [0, 0.05) is 73.0 Å². The Balaban J connectivity index is 0.000000201. The molecule has 2 aromatic heterocycles. The maximum absolute atomic E-state index is 12.7. The number of amides is 4. The van der Waals surface area contributed by atoms with Crippen LogP contribution in [0.15, 0.2) is 83.0 Å². The SMILES string of the molecule is CNC(=O)N1N=C(c2ccc(-c3c(C)nn(C)c3C)cc2)c2cc(OC)c(OC)cc2CC1C.CNC(=O)N1N=C(c2ccc(-c3c(C)nn(C)c3C)cc2)c2cc(OC)c(OC)cc2C[C@H]1C. The fourth-order valence-corrected chi connectivity index (χ4v) is 9.07. The number of nitrogens with zero attached hydrogens (tertiary/aromatic N) is 8. The Kier molecular flexibility index (Phi) is 14.3. The molecule has 0 aliphatic carbocycles. The molecule has 8 rings (SSSR count). The van der Waals surface area contributed by atoms with Gasteiger partial charge >= 0.3 is 12.1 Å². The van der Waals surface area contributed by atoms with Crippen molar-refractivity contribution < 1.29 is 28.5 Å². The van der Waals surface area contributed by atoms with Crippen molar-refractivity contribution in [2.75, 3.05) is 42.5 Å². The number of aromatic nitrogens is 4. The van der Waals surface area contributed by atoms with Crippen LogP contribution in [-0.4, -0.2) is 108 Å². The van der Waals surface area contributed by atoms with Crippen molar-refractivity contribution in [2.45, 2.75) is 66.5 Å². The molecule has 0 fully saturated rings. The quantitative estimate of drug-likeness (QED) is 0.155. The molecule has 0 bridgehead atoms. The topological polar surface area (TPSA) is 162 Å². The Hall–Kier alpha value is -7.62. The average Bonchev–Trinajstić information content (AvgIpc) is 3.61. The molecule has 16 heteroatoms. The van der Waals surface area contributed by atoms with Crippen LogP contribution in [0.2, 0.25) is 0 Å². The van der Waals surface area contributed by atoms with Gasteiger partial charge in [0.2, 0.25) is 0 Å². The zero-order chi connectivity index (χ0) is 49.1. The molecule has 0 saturated heterocycles. The molecule has 1 unspecified atom stereocenters. The van der Waals surface area contributed by atoms with Crippen LogP contribution in [0, 0.1) is 27.7 Å². The monoisotopic (exact) mass is 922 g/mol. The fraction of sp³-hybridized carbons (Fsp3) is 0.346. The summed E-state index contributed by atoms with van der Waals surface area (Å²) in [5, 5.41) is 27.2. The summed E-state index contributed by atoms with van der Waals surface area (Å²) in [5.74, 6) is 2.54. The van der Waals surface area contributed by atoms with Gasteiger partial charge in [-0.15, -0.1) is 0 Å². The Bertz CT molecular complexity index is 2720. The predicted octanol–water partition coefficient (Wildman–Crippen LogP) is 8.12. The molecular weight excluding hydrogens is 861 g/mol. The summed E-state index contributed by atoms with van der Waals surface area (Å²) in [6.45, 7) is 12.1. The first-order chi connectivity index (χ1) is 32.6. The lowest BCUT2D eigenvalue weighted by Crippen LogP contribution is -2.41. The smallest absolute Gasteiger partial charge is 0.337 e. The first kappa shape index (κ1) is 48.3. The highest BCUT2D eigenvalue weighted by Gasteiger charge is 2.30. The highest BCUT2D eigenvalue weighted by molar-refractivity contribution is 6.15. The summed E-state index contributed by atoms with van der Waals surface area (Å²) in [4.78, 5) is 25.3. The Labute approximate surface area is 398 Å². The molecule has 6 aromatic rings. The third kappa shape index (κ3) is 9.22. The lowest BCUT2D eigenvalue weighted by molar-refractivity contribution is 0.184. The van der Waals surface area contributed by atoms with E-state index in [-0.39, 0.29) is 24.1 Å². The molecule has 0 spiro atoms. The van der Waals surface area contributed by atoms with E-state index >= 15 is 0 Å². The molecule has 4 heterocycles. The molecule has 2 aliphatic rings. The highest BCUT2D eigenvalue weighted by Crippen LogP contribution is 2.37. The minimum absolute atomic E-state index is 0.144. The molecule has 2 atom stereocenters. The number of benzene rings is 4. The highest BCUT2D eigenvalue weighted by atomic mass is 16.5. The summed E-state index contributed by atoms with van der Waals surface area (Å²) in [6.07, 6.45) is 1.25. The molecular formula is C52H62N10O6. The second-order valence-electron chi connectivity index (χ2n) is 17.0. The van der Waals surface area contributed by atoms with E-state index in [1.165, 1.54) is 10.0 Å². The normalized spacial score (nSPS) is 15.3. The van der Waals surface area contributed by atoms with Gasteiger partial charge in [0.25, 0.3) is 0 Å². The van der Waals surface area contributed by atoms with Crippen LogP contribution in [0.5, 0.6) is 23.0 Å². The minimum Gasteiger partial charge on any atom is -0.493 e. The molecule has 2 aliphatic heterocycles. The van der Waals surface area contributed by atoms with E-state index in [0.717, 1.165) is 78.4 Å². The van der Waals surface area contributed by atoms with E-state index in [0.29, 0.717) is 47.3 Å². The maximum atomic E-state index is 12.7. The van der Waals surface area contributed by atoms with Crippen molar-refractivity contribution in [1.82, 2.24) is 40.2 Å². The Morgan fingerprint density at radius 1 is 0.529 bits per heavy atom. The predicted molar refractivity (Wildman–Crippen MR) is 266 cm³/mol. The van der Waals surface area contributed by atoms with E-state index in [9.17, 15) is 9.59 Å². The molecule has 4 amide bonds. The largest absolute Gasteiger partial charge is 0.493 e. The van der Waals surface area contributed by atoms with Gasteiger partial charge in [0.1, 0.15) is 0 Å². The second-order valence-corrected chi connectivity index (χ2v) is 17.0. The molecule has 16 nitrogen and oxygen atoms in total. The van der Waals surface area contributed by atoms with E-state index in [2.05, 4.69) is 58.9 Å². The molecule has 0 saturated carbocycles. The summed E-state index contributed by atoms with van der Waals surface area (Å²) >= 11 is 0. The van der Waals surface area contributed by atoms with Crippen LogP contribution in [0.3, 0.4) is 0 Å². The number of hydrazone groups is 2. The Morgan fingerprint density at radius 2 is 0.838 bits per heavy atom. The maximum Gasteiger partial charge on any atom is 0.337 e. The molecule has 4 aromatic carbocycles. The van der Waals surface area contributed by atoms with Gasteiger partial charge in [0.15, 0.2) is 23.0 Å². The number of hydrogen-bond donors (Lipinski definition) is 2. The molecule has 0 radical (unpaired) electrons. The number of methoxy groups -OCH3 is 4. The van der Waals surface area contributed by atoms with E-state index < -0.39 is 0 Å². The first-order valence-corrected chi connectivity index (χ1v) is 22.5. The van der Waals surface area contributed by atoms with Crippen molar-refractivity contribution in [3.8, 4) is 45.3 Å². The van der Waals surface area contributed by atoms with Gasteiger partial charge in [-0.05, 0) is 101 Å². The van der Waals surface area contributed by atoms with Crippen molar-refractivity contribution in [3.63, 3.8) is 0 Å². The number of carbonyl (C=O) groups is 2. The standard InChI is InChI=1S/2C26H31N5O3/c2*1-15-12-20-13-22(33-6)23(34-7)14-21(20)25(29-31(15)26(32)27-4)19-10-8-18(9-11-19)24-16(2)28-30(5)17(24)3/h2*8-11,13-15H,12H2,1-7H3,(H,27,32)/t15-;/m1./s1. The number of rotatable bonds is 8. The second kappa shape index (κ2) is 20.1. The summed E-state index contributed by atoms with van der Waals surface area (Å²) in [6, 6.07) is 23.5. The summed E-state index contributed by atoms with van der Waals surface area (Å²) in [5.41, 5.74) is 15.7. The van der Waals surface area contributed by atoms with E-state index in [4.69, 9.17) is 29.2 Å². The van der Waals surface area contributed by atoms with Crippen LogP contribution >= 0.6 is 0 Å². The van der Waals surface area contributed by atoms with E-state index in [1.807, 2.05) is 99.7 Å². The van der Waals surface area contributed by atoms with Crippen molar-refractivity contribution in [2.24, 2.45) is 24.3 Å². The van der Waals surface area contributed by atoms with Gasteiger partial charge in [0.05, 0.1) is 63.3 Å². The Morgan fingerprint density at radius 3 is 1.12 bits per heavy atom. The minimum atomic E-state index is -0.255. The zero-order valence-corrected chi connectivity index (χ0v) is 41.5. The zero-order valence-electron chi connectivity index (χ0n) is 41.5. The molecule has 2 N–H and O–H groups in total. The van der Waals surface area contributed by atoms with Gasteiger partial charge in [-0.2, -0.15) is 20.4 Å². The molecule has 68 heavy (non-hydrogen) atoms. The third-order valence-electron chi connectivity index (χ3n) is 12.8. The lowest BCUT2D eigenvalue weighted by atomic mass is 9.93. The lowest BCUT2D eigenvalue weighted by Gasteiger charge is -2.22. The van der Waals surface area contributed by atoms with Crippen molar-refractivity contribution in [1.29, 1.82) is 0 Å². The number of nitrogens with one attached hydrogen (secondary N) is 2. The van der Waals surface area contributed by atoms with Crippen LogP contribution in [0.4, 0.5) is 9.59 Å². The fourth-order valence-electron chi connectivity index (χ4n) is 9.07. The van der Waals surface area contributed by atoms with Crippen LogP contribution in [0.1, 0.15) is 70.0 Å². The number of urea groups is 2. The average molecular weight is 923 g/mol. The van der Waals surface area contributed by atoms with Crippen LogP contribution in [0.25, 0.3) is 22.3 Å². The number of ether oxygens (including phenoxy) is 4. The van der Waals surface area contributed by atoms with Gasteiger partial charge in [-0.1, -0.05) is 48.5 Å². The van der Waals surface area contributed by atoms with E-state index in [1.54, 1.807) is 42.5 Å². The van der Waals surface area contributed by atoms with Crippen molar-refractivity contribution in [3.05, 3.63) is 129 Å². The summed E-state index contributed by atoms with van der Waals surface area (Å²) in [7, 11) is 13.6. The number of hydrogen-bond acceptors (Lipinski definition) is 10. The number of fused-ring (bicyclic) bond motifs is 2. The van der Waals surface area contributed by atoms with Crippen molar-refractivity contribution >= 4 is 23.5 Å².